The SMILES string of the molecule is CC(C)CCOc1cccc([C@H]2/C(=C(\O)c3ccc4c(c3)C[C@@H](C)O4)C(=O)C(=O)N2c2nc3ccc(Cl)cc3s2)c1. The van der Waals surface area contributed by atoms with Crippen molar-refractivity contribution in [3.63, 3.8) is 0 Å². The fourth-order valence-corrected chi connectivity index (χ4v) is 6.51. The van der Waals surface area contributed by atoms with E-state index in [4.69, 9.17) is 21.1 Å². The molecule has 1 amide bonds. The van der Waals surface area contributed by atoms with Crippen LogP contribution in [0.15, 0.2) is 66.2 Å². The molecule has 0 radical (unpaired) electrons. The van der Waals surface area contributed by atoms with Gasteiger partial charge in [-0.25, -0.2) is 4.98 Å². The van der Waals surface area contributed by atoms with Crippen LogP contribution in [0.4, 0.5) is 5.13 Å². The molecular weight excluding hydrogens is 560 g/mol. The normalized spacial score (nSPS) is 19.7. The standard InChI is InChI=1S/C32H29ClN2O5S/c1-17(2)11-12-39-23-6-4-5-19(15-23)28-27(29(36)20-7-10-25-21(14-20)13-18(3)40-25)30(37)31(38)35(28)32-34-24-9-8-22(33)16-26(24)41-32/h4-10,14-18,28,36H,11-13H2,1-3H3/b29-27+/t18-,28+/m1/s1. The third kappa shape index (κ3) is 5.18. The molecule has 9 heteroatoms. The number of ether oxygens (including phenoxy) is 2. The van der Waals surface area contributed by atoms with Crippen LogP contribution in [0.2, 0.25) is 5.02 Å². The average Bonchev–Trinajstić information content (AvgIpc) is 3.60. The minimum atomic E-state index is -0.914. The molecule has 1 N–H and O–H groups in total. The van der Waals surface area contributed by atoms with E-state index in [1.54, 1.807) is 30.3 Å². The van der Waals surface area contributed by atoms with E-state index >= 15 is 0 Å². The van der Waals surface area contributed by atoms with Crippen LogP contribution in [0.1, 0.15) is 49.9 Å². The molecule has 1 aromatic heterocycles. The van der Waals surface area contributed by atoms with Crippen molar-refractivity contribution >= 4 is 55.7 Å². The number of hydrogen-bond donors (Lipinski definition) is 1. The molecule has 0 unspecified atom stereocenters. The Morgan fingerprint density at radius 2 is 2.00 bits per heavy atom. The zero-order valence-corrected chi connectivity index (χ0v) is 24.5. The lowest BCUT2D eigenvalue weighted by molar-refractivity contribution is -0.132. The summed E-state index contributed by atoms with van der Waals surface area (Å²) in [7, 11) is 0. The molecule has 0 saturated carbocycles. The second kappa shape index (κ2) is 10.8. The van der Waals surface area contributed by atoms with Gasteiger partial charge >= 0.3 is 5.91 Å². The van der Waals surface area contributed by atoms with Crippen molar-refractivity contribution < 1.29 is 24.2 Å². The van der Waals surface area contributed by atoms with Crippen molar-refractivity contribution in [1.82, 2.24) is 4.98 Å². The van der Waals surface area contributed by atoms with Crippen LogP contribution in [0, 0.1) is 5.92 Å². The number of carbonyl (C=O) groups excluding carboxylic acids is 2. The van der Waals surface area contributed by atoms with E-state index < -0.39 is 17.7 Å². The minimum Gasteiger partial charge on any atom is -0.507 e. The number of thiazole rings is 1. The van der Waals surface area contributed by atoms with Crippen LogP contribution in [-0.4, -0.2) is 34.5 Å². The summed E-state index contributed by atoms with van der Waals surface area (Å²) in [5.74, 6) is 0.0814. The molecule has 3 heterocycles. The van der Waals surface area contributed by atoms with Crippen molar-refractivity contribution in [2.75, 3.05) is 11.5 Å². The fourth-order valence-electron chi connectivity index (χ4n) is 5.25. The van der Waals surface area contributed by atoms with Gasteiger partial charge in [0.15, 0.2) is 5.13 Å². The van der Waals surface area contributed by atoms with Gasteiger partial charge < -0.3 is 14.6 Å². The van der Waals surface area contributed by atoms with Gasteiger partial charge in [-0.2, -0.15) is 0 Å². The van der Waals surface area contributed by atoms with E-state index in [-0.39, 0.29) is 17.4 Å². The van der Waals surface area contributed by atoms with Crippen LogP contribution in [0.5, 0.6) is 11.5 Å². The van der Waals surface area contributed by atoms with E-state index in [0.717, 1.165) is 22.4 Å². The number of rotatable bonds is 7. The molecule has 0 bridgehead atoms. The van der Waals surface area contributed by atoms with E-state index in [0.29, 0.717) is 51.5 Å². The topological polar surface area (TPSA) is 89.0 Å². The Morgan fingerprint density at radius 3 is 2.80 bits per heavy atom. The third-order valence-electron chi connectivity index (χ3n) is 7.30. The Labute approximate surface area is 247 Å². The fraction of sp³-hybridized carbons (Fsp3) is 0.281. The zero-order chi connectivity index (χ0) is 28.8. The summed E-state index contributed by atoms with van der Waals surface area (Å²) < 4.78 is 12.6. The Hall–Kier alpha value is -3.88. The molecule has 2 aliphatic rings. The summed E-state index contributed by atoms with van der Waals surface area (Å²) in [5, 5.41) is 12.5. The lowest BCUT2D eigenvalue weighted by Gasteiger charge is -2.23. The second-order valence-electron chi connectivity index (χ2n) is 10.8. The van der Waals surface area contributed by atoms with Crippen molar-refractivity contribution in [3.05, 3.63) is 87.9 Å². The van der Waals surface area contributed by atoms with E-state index in [2.05, 4.69) is 18.8 Å². The van der Waals surface area contributed by atoms with Gasteiger partial charge in [-0.1, -0.05) is 48.9 Å². The maximum atomic E-state index is 13.7. The predicted molar refractivity (Wildman–Crippen MR) is 161 cm³/mol. The molecule has 1 saturated heterocycles. The van der Waals surface area contributed by atoms with E-state index in [1.807, 2.05) is 37.3 Å². The number of halogens is 1. The summed E-state index contributed by atoms with van der Waals surface area (Å²) in [4.78, 5) is 33.4. The maximum Gasteiger partial charge on any atom is 0.301 e. The first-order valence-electron chi connectivity index (χ1n) is 13.6. The maximum absolute atomic E-state index is 13.7. The van der Waals surface area contributed by atoms with Gasteiger partial charge in [-0.15, -0.1) is 0 Å². The largest absolute Gasteiger partial charge is 0.507 e. The number of hydrogen-bond acceptors (Lipinski definition) is 7. The molecular formula is C32H29ClN2O5S. The zero-order valence-electron chi connectivity index (χ0n) is 22.9. The van der Waals surface area contributed by atoms with Crippen LogP contribution >= 0.6 is 22.9 Å². The molecule has 41 heavy (non-hydrogen) atoms. The number of nitrogens with zero attached hydrogens (tertiary/aromatic N) is 2. The number of amides is 1. The predicted octanol–water partition coefficient (Wildman–Crippen LogP) is 7.32. The number of benzene rings is 3. The van der Waals surface area contributed by atoms with Gasteiger partial charge in [0.2, 0.25) is 0 Å². The average molecular weight is 589 g/mol. The van der Waals surface area contributed by atoms with Gasteiger partial charge in [0.1, 0.15) is 23.4 Å². The molecule has 0 aliphatic carbocycles. The number of fused-ring (bicyclic) bond motifs is 2. The molecule has 2 atom stereocenters. The quantitative estimate of drug-likeness (QED) is 0.138. The Balaban J connectivity index is 1.48. The molecule has 1 fully saturated rings. The highest BCUT2D eigenvalue weighted by atomic mass is 35.5. The summed E-state index contributed by atoms with van der Waals surface area (Å²) >= 11 is 7.47. The van der Waals surface area contributed by atoms with Crippen LogP contribution < -0.4 is 14.4 Å². The number of aromatic nitrogens is 1. The van der Waals surface area contributed by atoms with Crippen molar-refractivity contribution in [2.45, 2.75) is 45.8 Å². The van der Waals surface area contributed by atoms with Gasteiger partial charge in [0.05, 0.1) is 28.4 Å². The number of ketones is 1. The van der Waals surface area contributed by atoms with Crippen molar-refractivity contribution in [2.24, 2.45) is 5.92 Å². The smallest absolute Gasteiger partial charge is 0.301 e. The number of aliphatic hydroxyl groups is 1. The van der Waals surface area contributed by atoms with Gasteiger partial charge in [0.25, 0.3) is 5.78 Å². The summed E-state index contributed by atoms with van der Waals surface area (Å²) in [6.45, 7) is 6.77. The third-order valence-corrected chi connectivity index (χ3v) is 8.55. The van der Waals surface area contributed by atoms with E-state index in [9.17, 15) is 14.7 Å². The number of carbonyl (C=O) groups is 2. The lowest BCUT2D eigenvalue weighted by atomic mass is 9.94. The first-order valence-corrected chi connectivity index (χ1v) is 14.8. The Bertz CT molecular complexity index is 1710. The number of anilines is 1. The highest BCUT2D eigenvalue weighted by Gasteiger charge is 2.48. The molecule has 7 nitrogen and oxygen atoms in total. The van der Waals surface area contributed by atoms with Crippen molar-refractivity contribution in [3.8, 4) is 11.5 Å². The molecule has 0 spiro atoms. The van der Waals surface area contributed by atoms with Crippen LogP contribution in [-0.2, 0) is 16.0 Å². The summed E-state index contributed by atoms with van der Waals surface area (Å²) in [6, 6.07) is 17.0. The van der Waals surface area contributed by atoms with Crippen LogP contribution in [0.3, 0.4) is 0 Å². The number of aliphatic hydroxyl groups excluding tert-OH is 1. The molecule has 210 valence electrons. The van der Waals surface area contributed by atoms with E-state index in [1.165, 1.54) is 16.2 Å². The first kappa shape index (κ1) is 27.3. The van der Waals surface area contributed by atoms with Crippen molar-refractivity contribution in [1.29, 1.82) is 0 Å². The lowest BCUT2D eigenvalue weighted by Crippen LogP contribution is -2.29. The highest BCUT2D eigenvalue weighted by molar-refractivity contribution is 7.22. The molecule has 4 aromatic rings. The van der Waals surface area contributed by atoms with Crippen LogP contribution in [0.25, 0.3) is 16.0 Å². The van der Waals surface area contributed by atoms with Gasteiger partial charge in [-0.05, 0) is 78.9 Å². The summed E-state index contributed by atoms with van der Waals surface area (Å²) in [5.41, 5.74) is 2.68. The van der Waals surface area contributed by atoms with Gasteiger partial charge in [-0.3, -0.25) is 14.5 Å². The first-order chi connectivity index (χ1) is 19.7. The van der Waals surface area contributed by atoms with Gasteiger partial charge in [0, 0.05) is 17.0 Å². The Kier molecular flexibility index (Phi) is 7.21. The Morgan fingerprint density at radius 1 is 1.17 bits per heavy atom. The molecule has 3 aromatic carbocycles. The monoisotopic (exact) mass is 588 g/mol. The minimum absolute atomic E-state index is 0.00136. The molecule has 2 aliphatic heterocycles. The second-order valence-corrected chi connectivity index (χ2v) is 12.3. The summed E-state index contributed by atoms with van der Waals surface area (Å²) in [6.07, 6.45) is 1.61. The molecule has 6 rings (SSSR count). The highest BCUT2D eigenvalue weighted by Crippen LogP contribution is 2.45. The number of Topliss-reactive ketones (excluding diaryl/α,β-unsaturated/α-hetero) is 1.